The molecule has 0 radical (unpaired) electrons. The lowest BCUT2D eigenvalue weighted by atomic mass is 11.8. The van der Waals surface area contributed by atoms with Gasteiger partial charge in [0, 0.05) is 0 Å². The highest BCUT2D eigenvalue weighted by molar-refractivity contribution is 3.35. The van der Waals surface area contributed by atoms with Gasteiger partial charge in [0.1, 0.15) is 0 Å². The molecule has 0 unspecified atom stereocenters. The summed E-state index contributed by atoms with van der Waals surface area (Å²) in [6, 6.07) is 0. The van der Waals surface area contributed by atoms with Crippen LogP contribution in [0.1, 0.15) is 0 Å². The van der Waals surface area contributed by atoms with Crippen molar-refractivity contribution in [2.45, 2.75) is 0 Å². The summed E-state index contributed by atoms with van der Waals surface area (Å²) in [6.07, 6.45) is 0. The molecule has 0 heterocycles. The number of hydrogen-bond donors (Lipinski definition) is 1. The zero-order valence-corrected chi connectivity index (χ0v) is 6.07. The Labute approximate surface area is 69.6 Å². The maximum absolute atomic E-state index is 4.29. The van der Waals surface area contributed by atoms with E-state index in [1.54, 1.807) is 0 Å². The molecule has 2 N–H and O–H groups in total. The van der Waals surface area contributed by atoms with Crippen LogP contribution in [0.15, 0.2) is 0 Å². The van der Waals surface area contributed by atoms with Crippen molar-refractivity contribution < 1.29 is 55.2 Å². The number of nitrogens with two attached hydrogens (primary N) is 1. The largest absolute Gasteiger partial charge is 0.207 e. The highest BCUT2D eigenvalue weighted by Crippen LogP contribution is 1.88. The lowest BCUT2D eigenvalue weighted by molar-refractivity contribution is -0.854. The molecule has 0 aromatic rings. The second-order valence-electron chi connectivity index (χ2n) is 0.875. The predicted octanol–water partition coefficient (Wildman–Crippen LogP) is -1.18. The Hall–Kier alpha value is -0.480. The van der Waals surface area contributed by atoms with E-state index in [0.717, 1.165) is 7.11 Å². The molecule has 0 atom stereocenters. The molecule has 80 valence electrons. The monoisotopic (exact) mass is 207 g/mol. The third kappa shape index (κ3) is 11.5. The Morgan fingerprint density at radius 3 is 1.38 bits per heavy atom. The van der Waals surface area contributed by atoms with E-state index < -0.39 is 0 Å². The van der Waals surface area contributed by atoms with Crippen molar-refractivity contribution in [3.63, 3.8) is 0 Å². The maximum Gasteiger partial charge on any atom is 0.0745 e. The Bertz CT molecular complexity index is 76.2. The zero-order valence-electron chi connectivity index (χ0n) is 6.07. The van der Waals surface area contributed by atoms with Crippen molar-refractivity contribution in [3.05, 3.63) is 0 Å². The van der Waals surface area contributed by atoms with E-state index in [9.17, 15) is 0 Å². The van der Waals surface area contributed by atoms with Crippen molar-refractivity contribution in [3.8, 4) is 0 Å². The van der Waals surface area contributed by atoms with E-state index in [1.807, 2.05) is 0 Å². The van der Waals surface area contributed by atoms with E-state index in [2.05, 4.69) is 61.1 Å². The van der Waals surface area contributed by atoms with E-state index in [0.29, 0.717) is 0 Å². The zero-order chi connectivity index (χ0) is 9.78. The molecule has 0 saturated carbocycles. The van der Waals surface area contributed by atoms with Crippen LogP contribution >= 0.6 is 0 Å². The van der Waals surface area contributed by atoms with Gasteiger partial charge in [-0.2, -0.15) is 5.90 Å². The van der Waals surface area contributed by atoms with Crippen LogP contribution in [0, 0.1) is 0 Å². The molecule has 0 aromatic heterocycles. The molecule has 0 spiro atoms. The molecule has 0 aliphatic carbocycles. The van der Waals surface area contributed by atoms with Gasteiger partial charge in [0.2, 0.25) is 0 Å². The van der Waals surface area contributed by atoms with Crippen molar-refractivity contribution in [2.24, 2.45) is 5.90 Å². The molecule has 0 aromatic carbocycles. The predicted molar refractivity (Wildman–Crippen MR) is 22.0 cm³/mol. The Morgan fingerprint density at radius 2 is 1.00 bits per heavy atom. The van der Waals surface area contributed by atoms with Crippen molar-refractivity contribution in [1.29, 1.82) is 0 Å². The van der Waals surface area contributed by atoms with Crippen molar-refractivity contribution >= 4 is 0 Å². The average Bonchev–Trinajstić information content (AvgIpc) is 2.16. The molecule has 0 aliphatic heterocycles. The molecular weight excluding hydrogens is 202 g/mol. The van der Waals surface area contributed by atoms with Gasteiger partial charge >= 0.3 is 0 Å². The van der Waals surface area contributed by atoms with Crippen LogP contribution in [0.25, 0.3) is 0 Å². The molecule has 0 fully saturated rings. The van der Waals surface area contributed by atoms with E-state index >= 15 is 0 Å². The first kappa shape index (κ1) is 12.5. The quantitative estimate of drug-likeness (QED) is 0.263. The van der Waals surface area contributed by atoms with Crippen LogP contribution in [-0.4, -0.2) is 7.11 Å². The van der Waals surface area contributed by atoms with Crippen LogP contribution in [0.5, 0.6) is 0 Å². The fourth-order valence-electron chi connectivity index (χ4n) is 0.123. The van der Waals surface area contributed by atoms with Gasteiger partial charge in [0.15, 0.2) is 0 Å². The molecule has 0 aliphatic rings. The summed E-state index contributed by atoms with van der Waals surface area (Å²) in [7, 11) is 1.14. The number of hydrogen-bond acceptors (Lipinski definition) is 12. The van der Waals surface area contributed by atoms with Gasteiger partial charge in [-0.1, -0.05) is 0 Å². The Morgan fingerprint density at radius 1 is 0.615 bits per heavy atom. The van der Waals surface area contributed by atoms with Crippen molar-refractivity contribution in [1.82, 2.24) is 0 Å². The molecule has 0 saturated heterocycles. The fraction of sp³-hybridized carbons (Fsp3) is 1.00. The smallest absolute Gasteiger partial charge is 0.0745 e. The first-order valence-corrected chi connectivity index (χ1v) is 2.31. The van der Waals surface area contributed by atoms with Gasteiger partial charge in [-0.15, -0.1) is 4.99 Å². The lowest BCUT2D eigenvalue weighted by Gasteiger charge is -1.96. The van der Waals surface area contributed by atoms with Crippen LogP contribution in [0.4, 0.5) is 0 Å². The Balaban J connectivity index is 2.76. The van der Waals surface area contributed by atoms with Gasteiger partial charge in [-0.25, -0.2) is 4.89 Å². The number of rotatable bonds is 10. The van der Waals surface area contributed by atoms with Crippen LogP contribution in [0.2, 0.25) is 0 Å². The molecular formula is CH5NO11. The second-order valence-corrected chi connectivity index (χ2v) is 0.875. The lowest BCUT2D eigenvalue weighted by Crippen LogP contribution is -2.05. The molecule has 0 rings (SSSR count). The van der Waals surface area contributed by atoms with Crippen LogP contribution < -0.4 is 5.90 Å². The summed E-state index contributed by atoms with van der Waals surface area (Å²) in [6.45, 7) is 0. The highest BCUT2D eigenvalue weighted by atomic mass is 17.9. The third-order valence-corrected chi connectivity index (χ3v) is 0.330. The summed E-state index contributed by atoms with van der Waals surface area (Å²) < 4.78 is 0. The van der Waals surface area contributed by atoms with E-state index in [4.69, 9.17) is 0 Å². The van der Waals surface area contributed by atoms with Crippen LogP contribution in [-0.2, 0) is 55.2 Å². The van der Waals surface area contributed by atoms with Gasteiger partial charge < -0.3 is 0 Å². The average molecular weight is 207 g/mol. The molecule has 13 heavy (non-hydrogen) atoms. The van der Waals surface area contributed by atoms with Crippen LogP contribution in [0.3, 0.4) is 0 Å². The van der Waals surface area contributed by atoms with E-state index in [1.165, 1.54) is 0 Å². The van der Waals surface area contributed by atoms with Gasteiger partial charge in [-0.05, 0) is 45.3 Å². The van der Waals surface area contributed by atoms with Crippen molar-refractivity contribution in [2.75, 3.05) is 7.11 Å². The molecule has 12 heteroatoms. The highest BCUT2D eigenvalue weighted by Gasteiger charge is 1.95. The van der Waals surface area contributed by atoms with Gasteiger partial charge in [0.05, 0.1) is 7.11 Å². The van der Waals surface area contributed by atoms with Gasteiger partial charge in [-0.3, -0.25) is 0 Å². The summed E-state index contributed by atoms with van der Waals surface area (Å²) in [5.41, 5.74) is 0. The first-order chi connectivity index (χ1) is 6.41. The Kier molecular flexibility index (Phi) is 11.1. The summed E-state index contributed by atoms with van der Waals surface area (Å²) in [5.74, 6) is 4.29. The summed E-state index contributed by atoms with van der Waals surface area (Å²) >= 11 is 0. The minimum Gasteiger partial charge on any atom is -0.207 e. The summed E-state index contributed by atoms with van der Waals surface area (Å²) in [5, 5.41) is 31.8. The summed E-state index contributed by atoms with van der Waals surface area (Å²) in [4.78, 5) is 7.26. The second kappa shape index (κ2) is 11.5. The molecule has 12 nitrogen and oxygen atoms in total. The first-order valence-electron chi connectivity index (χ1n) is 2.31. The standard InChI is InChI=1S/CH5NO11/c1-3-5-7-9-11-13-12-10-8-6-4-2/h2H2,1H3. The SMILES string of the molecule is COOOOOOOOOOON. The molecule has 0 bridgehead atoms. The minimum atomic E-state index is 1.14. The molecule has 0 amide bonds. The van der Waals surface area contributed by atoms with E-state index in [-0.39, 0.29) is 0 Å². The normalized spacial score (nSPS) is 10.6. The van der Waals surface area contributed by atoms with Gasteiger partial charge in [0.25, 0.3) is 0 Å². The minimum absolute atomic E-state index is 1.14. The maximum atomic E-state index is 4.29. The third-order valence-electron chi connectivity index (χ3n) is 0.330. The topological polar surface area (TPSA) is 128 Å². The fourth-order valence-corrected chi connectivity index (χ4v) is 0.123.